The summed E-state index contributed by atoms with van der Waals surface area (Å²) in [4.78, 5) is 3.86. The monoisotopic (exact) mass is 235 g/mol. The van der Waals surface area contributed by atoms with Crippen molar-refractivity contribution in [2.45, 2.75) is 0 Å². The van der Waals surface area contributed by atoms with Gasteiger partial charge in [0.05, 0.1) is 5.56 Å². The topological polar surface area (TPSA) is 89.8 Å². The molecule has 0 aliphatic carbocycles. The standard InChI is InChI=1S/C10H10FN5O/c1-16-5-14-10(15-16)17-8-3-2-6(11)4-7(8)9(12)13/h2-5H,1H3,(H3,12,13). The van der Waals surface area contributed by atoms with Crippen molar-refractivity contribution in [1.82, 2.24) is 14.8 Å². The number of benzene rings is 1. The van der Waals surface area contributed by atoms with Crippen LogP contribution in [0.4, 0.5) is 4.39 Å². The van der Waals surface area contributed by atoms with Crippen LogP contribution in [0.25, 0.3) is 0 Å². The molecule has 1 aromatic heterocycles. The molecule has 0 bridgehead atoms. The summed E-state index contributed by atoms with van der Waals surface area (Å²) >= 11 is 0. The van der Waals surface area contributed by atoms with Crippen LogP contribution in [0.2, 0.25) is 0 Å². The number of ether oxygens (including phenoxy) is 1. The summed E-state index contributed by atoms with van der Waals surface area (Å²) in [5, 5.41) is 11.2. The Morgan fingerprint density at radius 3 is 2.88 bits per heavy atom. The highest BCUT2D eigenvalue weighted by Crippen LogP contribution is 2.23. The van der Waals surface area contributed by atoms with Crippen LogP contribution in [0, 0.1) is 11.2 Å². The van der Waals surface area contributed by atoms with Crippen LogP contribution < -0.4 is 10.5 Å². The number of nitrogen functional groups attached to an aromatic ring is 1. The van der Waals surface area contributed by atoms with E-state index in [9.17, 15) is 4.39 Å². The maximum absolute atomic E-state index is 13.0. The van der Waals surface area contributed by atoms with Gasteiger partial charge in [0.1, 0.15) is 23.7 Å². The molecule has 0 aliphatic heterocycles. The van der Waals surface area contributed by atoms with E-state index in [1.807, 2.05) is 0 Å². The number of aryl methyl sites for hydroxylation is 1. The van der Waals surface area contributed by atoms with Gasteiger partial charge in [0.25, 0.3) is 0 Å². The lowest BCUT2D eigenvalue weighted by Crippen LogP contribution is -2.12. The Morgan fingerprint density at radius 2 is 2.29 bits per heavy atom. The van der Waals surface area contributed by atoms with E-state index < -0.39 is 5.82 Å². The first-order chi connectivity index (χ1) is 8.06. The highest BCUT2D eigenvalue weighted by atomic mass is 19.1. The Kier molecular flexibility index (Phi) is 2.73. The van der Waals surface area contributed by atoms with E-state index in [-0.39, 0.29) is 23.2 Å². The summed E-state index contributed by atoms with van der Waals surface area (Å²) in [7, 11) is 1.69. The molecular formula is C10H10FN5O. The molecule has 1 aromatic carbocycles. The number of nitrogens with two attached hydrogens (primary N) is 1. The van der Waals surface area contributed by atoms with E-state index in [0.29, 0.717) is 0 Å². The molecule has 88 valence electrons. The van der Waals surface area contributed by atoms with Crippen LogP contribution in [0.15, 0.2) is 24.5 Å². The summed E-state index contributed by atoms with van der Waals surface area (Å²) in [6, 6.07) is 3.83. The molecule has 0 fully saturated rings. The van der Waals surface area contributed by atoms with Gasteiger partial charge >= 0.3 is 6.01 Å². The lowest BCUT2D eigenvalue weighted by atomic mass is 10.2. The Labute approximate surface area is 96.3 Å². The fourth-order valence-corrected chi connectivity index (χ4v) is 1.27. The third kappa shape index (κ3) is 2.39. The first kappa shape index (κ1) is 11.1. The second-order valence-corrected chi connectivity index (χ2v) is 3.36. The van der Waals surface area contributed by atoms with Crippen LogP contribution in [-0.4, -0.2) is 20.6 Å². The molecule has 0 aliphatic rings. The van der Waals surface area contributed by atoms with Crippen molar-refractivity contribution in [1.29, 1.82) is 5.41 Å². The number of nitrogens with one attached hydrogen (secondary N) is 1. The molecular weight excluding hydrogens is 225 g/mol. The van der Waals surface area contributed by atoms with Crippen LogP contribution in [0.3, 0.4) is 0 Å². The molecule has 2 rings (SSSR count). The molecule has 17 heavy (non-hydrogen) atoms. The molecule has 6 nitrogen and oxygen atoms in total. The van der Waals surface area contributed by atoms with Crippen molar-refractivity contribution in [3.63, 3.8) is 0 Å². The molecule has 7 heteroatoms. The fraction of sp³-hybridized carbons (Fsp3) is 0.100. The lowest BCUT2D eigenvalue weighted by molar-refractivity contribution is 0.436. The Morgan fingerprint density at radius 1 is 1.53 bits per heavy atom. The molecule has 2 aromatic rings. The fourth-order valence-electron chi connectivity index (χ4n) is 1.27. The minimum atomic E-state index is -0.489. The van der Waals surface area contributed by atoms with Gasteiger partial charge in [0.2, 0.25) is 0 Å². The van der Waals surface area contributed by atoms with Gasteiger partial charge in [-0.05, 0) is 18.2 Å². The highest BCUT2D eigenvalue weighted by Gasteiger charge is 2.11. The van der Waals surface area contributed by atoms with Crippen LogP contribution in [-0.2, 0) is 7.05 Å². The predicted molar refractivity (Wildman–Crippen MR) is 58.5 cm³/mol. The van der Waals surface area contributed by atoms with Crippen LogP contribution in [0.5, 0.6) is 11.8 Å². The molecule has 0 unspecified atom stereocenters. The summed E-state index contributed by atoms with van der Waals surface area (Å²) in [5.74, 6) is -0.530. The summed E-state index contributed by atoms with van der Waals surface area (Å²) in [6.07, 6.45) is 1.46. The molecule has 0 saturated carbocycles. The molecule has 0 amide bonds. The van der Waals surface area contributed by atoms with Gasteiger partial charge in [-0.3, -0.25) is 10.1 Å². The zero-order valence-electron chi connectivity index (χ0n) is 9.01. The van der Waals surface area contributed by atoms with Gasteiger partial charge in [0.15, 0.2) is 0 Å². The largest absolute Gasteiger partial charge is 0.422 e. The second kappa shape index (κ2) is 4.20. The van der Waals surface area contributed by atoms with Gasteiger partial charge in [-0.15, -0.1) is 5.10 Å². The van der Waals surface area contributed by atoms with E-state index in [2.05, 4.69) is 10.1 Å². The van der Waals surface area contributed by atoms with Gasteiger partial charge in [-0.1, -0.05) is 0 Å². The van der Waals surface area contributed by atoms with Crippen molar-refractivity contribution < 1.29 is 9.13 Å². The Balaban J connectivity index is 2.35. The van der Waals surface area contributed by atoms with Gasteiger partial charge in [-0.2, -0.15) is 4.98 Å². The number of halogens is 1. The quantitative estimate of drug-likeness (QED) is 0.614. The minimum Gasteiger partial charge on any atom is -0.422 e. The van der Waals surface area contributed by atoms with Crippen molar-refractivity contribution in [2.75, 3.05) is 0 Å². The number of amidine groups is 1. The molecule has 0 radical (unpaired) electrons. The van der Waals surface area contributed by atoms with Gasteiger partial charge < -0.3 is 10.5 Å². The third-order valence-corrected chi connectivity index (χ3v) is 2.01. The molecule has 0 saturated heterocycles. The zero-order chi connectivity index (χ0) is 12.4. The average molecular weight is 235 g/mol. The van der Waals surface area contributed by atoms with E-state index in [4.69, 9.17) is 15.9 Å². The molecule has 1 heterocycles. The first-order valence-corrected chi connectivity index (χ1v) is 4.73. The summed E-state index contributed by atoms with van der Waals surface area (Å²) in [6.45, 7) is 0. The number of nitrogens with zero attached hydrogens (tertiary/aromatic N) is 3. The SMILES string of the molecule is Cn1cnc(Oc2ccc(F)cc2C(=N)N)n1. The predicted octanol–water partition coefficient (Wildman–Crippen LogP) is 1.03. The highest BCUT2D eigenvalue weighted by molar-refractivity contribution is 5.97. The minimum absolute atomic E-state index is 0.113. The molecule has 0 spiro atoms. The van der Waals surface area contributed by atoms with Crippen molar-refractivity contribution in [2.24, 2.45) is 12.8 Å². The molecule has 0 atom stereocenters. The smallest absolute Gasteiger partial charge is 0.341 e. The van der Waals surface area contributed by atoms with Gasteiger partial charge in [0, 0.05) is 7.05 Å². The maximum atomic E-state index is 13.0. The van der Waals surface area contributed by atoms with Gasteiger partial charge in [-0.25, -0.2) is 4.39 Å². The maximum Gasteiger partial charge on any atom is 0.341 e. The van der Waals surface area contributed by atoms with Crippen LogP contribution >= 0.6 is 0 Å². The lowest BCUT2D eigenvalue weighted by Gasteiger charge is -2.07. The van der Waals surface area contributed by atoms with E-state index in [1.54, 1.807) is 7.05 Å². The Bertz CT molecular complexity index is 566. The van der Waals surface area contributed by atoms with Crippen LogP contribution in [0.1, 0.15) is 5.56 Å². The zero-order valence-corrected chi connectivity index (χ0v) is 9.01. The first-order valence-electron chi connectivity index (χ1n) is 4.73. The normalized spacial score (nSPS) is 10.2. The number of hydrogen-bond acceptors (Lipinski definition) is 4. The van der Waals surface area contributed by atoms with E-state index in [0.717, 1.165) is 6.07 Å². The number of hydrogen-bond donors (Lipinski definition) is 2. The number of aromatic nitrogens is 3. The van der Waals surface area contributed by atoms with Crippen molar-refractivity contribution in [3.8, 4) is 11.8 Å². The van der Waals surface area contributed by atoms with E-state index in [1.165, 1.54) is 23.1 Å². The summed E-state index contributed by atoms with van der Waals surface area (Å²) in [5.41, 5.74) is 5.50. The average Bonchev–Trinajstić information content (AvgIpc) is 2.66. The summed E-state index contributed by atoms with van der Waals surface area (Å²) < 4.78 is 19.8. The molecule has 3 N–H and O–H groups in total. The Hall–Kier alpha value is -2.44. The van der Waals surface area contributed by atoms with Crippen molar-refractivity contribution >= 4 is 5.84 Å². The number of rotatable bonds is 3. The third-order valence-electron chi connectivity index (χ3n) is 2.01. The van der Waals surface area contributed by atoms with E-state index >= 15 is 0 Å². The van der Waals surface area contributed by atoms with Crippen molar-refractivity contribution in [3.05, 3.63) is 35.9 Å². The second-order valence-electron chi connectivity index (χ2n) is 3.36.